The molecule has 1 aromatic rings. The molecule has 74 valence electrons. The topological polar surface area (TPSA) is 54.4 Å². The molecule has 0 aliphatic carbocycles. The molecule has 3 nitrogen and oxygen atoms in total. The average Bonchev–Trinajstić information content (AvgIpc) is 2.16. The summed E-state index contributed by atoms with van der Waals surface area (Å²) in [5.74, 6) is -1.24. The fraction of sp³-hybridized carbons (Fsp3) is 0.200. The van der Waals surface area contributed by atoms with Gasteiger partial charge in [0, 0.05) is 16.5 Å². The van der Waals surface area contributed by atoms with Crippen LogP contribution < -0.4 is 0 Å². The monoisotopic (exact) mass is 256 g/mol. The van der Waals surface area contributed by atoms with E-state index in [0.717, 1.165) is 0 Å². The van der Waals surface area contributed by atoms with Gasteiger partial charge in [-0.25, -0.2) is 4.79 Å². The Morgan fingerprint density at radius 1 is 1.36 bits per heavy atom. The number of carboxylic acid groups (broad SMARTS) is 1. The summed E-state index contributed by atoms with van der Waals surface area (Å²) in [6.07, 6.45) is 0.302. The van der Waals surface area contributed by atoms with E-state index in [9.17, 15) is 9.59 Å². The molecule has 0 spiro atoms. The van der Waals surface area contributed by atoms with Gasteiger partial charge in [0.15, 0.2) is 5.78 Å². The molecule has 0 unspecified atom stereocenters. The Bertz CT molecular complexity index is 385. The van der Waals surface area contributed by atoms with E-state index in [1.165, 1.54) is 12.1 Å². The number of rotatable bonds is 3. The van der Waals surface area contributed by atoms with Gasteiger partial charge in [-0.2, -0.15) is 0 Å². The Hall–Kier alpha value is -1.16. The van der Waals surface area contributed by atoms with Gasteiger partial charge in [0.2, 0.25) is 0 Å². The van der Waals surface area contributed by atoms with Crippen LogP contribution in [-0.2, 0) is 0 Å². The first-order valence-electron chi connectivity index (χ1n) is 4.12. The lowest BCUT2D eigenvalue weighted by Gasteiger charge is -2.03. The molecule has 0 saturated heterocycles. The number of hydrogen-bond acceptors (Lipinski definition) is 2. The molecule has 4 heteroatoms. The maximum atomic E-state index is 11.4. The normalized spacial score (nSPS) is 9.86. The van der Waals surface area contributed by atoms with Crippen molar-refractivity contribution < 1.29 is 14.7 Å². The van der Waals surface area contributed by atoms with Gasteiger partial charge in [-0.3, -0.25) is 4.79 Å². The van der Waals surface area contributed by atoms with Gasteiger partial charge in [0.1, 0.15) is 0 Å². The van der Waals surface area contributed by atoms with Crippen molar-refractivity contribution >= 4 is 27.7 Å². The lowest BCUT2D eigenvalue weighted by atomic mass is 10.0. The van der Waals surface area contributed by atoms with Gasteiger partial charge in [-0.15, -0.1) is 0 Å². The van der Waals surface area contributed by atoms with E-state index in [1.54, 1.807) is 13.0 Å². The summed E-state index contributed by atoms with van der Waals surface area (Å²) in [6.45, 7) is 1.70. The largest absolute Gasteiger partial charge is 0.478 e. The van der Waals surface area contributed by atoms with E-state index in [4.69, 9.17) is 5.11 Å². The zero-order valence-electron chi connectivity index (χ0n) is 7.58. The number of hydrogen-bond donors (Lipinski definition) is 1. The van der Waals surface area contributed by atoms with Crippen LogP contribution in [0.3, 0.4) is 0 Å². The summed E-state index contributed by atoms with van der Waals surface area (Å²) in [5, 5.41) is 8.83. The average molecular weight is 257 g/mol. The quantitative estimate of drug-likeness (QED) is 0.847. The number of Topliss-reactive ketones (excluding diaryl/α,β-unsaturated/α-hetero) is 1. The predicted octanol–water partition coefficient (Wildman–Crippen LogP) is 2.74. The van der Waals surface area contributed by atoms with Crippen molar-refractivity contribution in [1.29, 1.82) is 0 Å². The molecular formula is C10H9BrO3. The number of carbonyl (C=O) groups excluding carboxylic acids is 1. The van der Waals surface area contributed by atoms with E-state index in [2.05, 4.69) is 15.9 Å². The van der Waals surface area contributed by atoms with E-state index >= 15 is 0 Å². The van der Waals surface area contributed by atoms with Crippen LogP contribution in [0.15, 0.2) is 22.7 Å². The Morgan fingerprint density at radius 3 is 2.50 bits per heavy atom. The molecule has 0 bridgehead atoms. The second kappa shape index (κ2) is 4.37. The lowest BCUT2D eigenvalue weighted by molar-refractivity contribution is 0.0692. The molecule has 0 heterocycles. The van der Waals surface area contributed by atoms with Crippen molar-refractivity contribution in [3.63, 3.8) is 0 Å². The third-order valence-corrected chi connectivity index (χ3v) is 2.33. The minimum atomic E-state index is -1.07. The Kier molecular flexibility index (Phi) is 3.41. The van der Waals surface area contributed by atoms with Crippen molar-refractivity contribution in [1.82, 2.24) is 0 Å². The predicted molar refractivity (Wildman–Crippen MR) is 55.7 cm³/mol. The molecule has 1 N–H and O–H groups in total. The van der Waals surface area contributed by atoms with Crippen LogP contribution in [-0.4, -0.2) is 16.9 Å². The van der Waals surface area contributed by atoms with Gasteiger partial charge >= 0.3 is 5.97 Å². The van der Waals surface area contributed by atoms with Crippen LogP contribution in [0, 0.1) is 0 Å². The minimum absolute atomic E-state index is 0.0556. The molecule has 0 radical (unpaired) electrons. The SMILES string of the molecule is CCC(=O)c1cc(Br)ccc1C(=O)O. The first kappa shape index (κ1) is 10.9. The Balaban J connectivity index is 3.29. The zero-order valence-corrected chi connectivity index (χ0v) is 9.17. The maximum Gasteiger partial charge on any atom is 0.336 e. The van der Waals surface area contributed by atoms with Gasteiger partial charge in [0.25, 0.3) is 0 Å². The number of halogens is 1. The summed E-state index contributed by atoms with van der Waals surface area (Å²) in [4.78, 5) is 22.2. The smallest absolute Gasteiger partial charge is 0.336 e. The van der Waals surface area contributed by atoms with Gasteiger partial charge < -0.3 is 5.11 Å². The summed E-state index contributed by atoms with van der Waals surface area (Å²) in [7, 11) is 0. The van der Waals surface area contributed by atoms with Crippen molar-refractivity contribution in [3.05, 3.63) is 33.8 Å². The standard InChI is InChI=1S/C10H9BrO3/c1-2-9(12)8-5-6(11)3-4-7(8)10(13)14/h3-5H,2H2,1H3,(H,13,14). The number of carboxylic acids is 1. The highest BCUT2D eigenvalue weighted by atomic mass is 79.9. The number of ketones is 1. The first-order valence-corrected chi connectivity index (χ1v) is 4.91. The molecule has 1 rings (SSSR count). The fourth-order valence-corrected chi connectivity index (χ4v) is 1.49. The highest BCUT2D eigenvalue weighted by molar-refractivity contribution is 9.10. The second-order valence-corrected chi connectivity index (χ2v) is 3.69. The van der Waals surface area contributed by atoms with Crippen molar-refractivity contribution in [2.45, 2.75) is 13.3 Å². The maximum absolute atomic E-state index is 11.4. The molecule has 0 aliphatic rings. The third-order valence-electron chi connectivity index (χ3n) is 1.83. The van der Waals surface area contributed by atoms with E-state index < -0.39 is 5.97 Å². The van der Waals surface area contributed by atoms with Gasteiger partial charge in [-0.05, 0) is 18.2 Å². The highest BCUT2D eigenvalue weighted by Gasteiger charge is 2.14. The van der Waals surface area contributed by atoms with Crippen molar-refractivity contribution in [2.24, 2.45) is 0 Å². The van der Waals surface area contributed by atoms with Crippen LogP contribution in [0.1, 0.15) is 34.1 Å². The van der Waals surface area contributed by atoms with Crippen LogP contribution in [0.25, 0.3) is 0 Å². The lowest BCUT2D eigenvalue weighted by Crippen LogP contribution is -2.07. The summed E-state index contributed by atoms with van der Waals surface area (Å²) < 4.78 is 0.708. The minimum Gasteiger partial charge on any atom is -0.478 e. The zero-order chi connectivity index (χ0) is 10.7. The van der Waals surface area contributed by atoms with E-state index in [1.807, 2.05) is 0 Å². The molecule has 1 aromatic carbocycles. The molecule has 14 heavy (non-hydrogen) atoms. The summed E-state index contributed by atoms with van der Waals surface area (Å²) in [5.41, 5.74) is 0.314. The second-order valence-electron chi connectivity index (χ2n) is 2.77. The third kappa shape index (κ3) is 2.20. The number of aromatic carboxylic acids is 1. The Labute approximate surface area is 89.9 Å². The highest BCUT2D eigenvalue weighted by Crippen LogP contribution is 2.18. The molecule has 0 aromatic heterocycles. The number of carbonyl (C=O) groups is 2. The molecular weight excluding hydrogens is 248 g/mol. The fourth-order valence-electron chi connectivity index (χ4n) is 1.12. The van der Waals surface area contributed by atoms with Gasteiger partial charge in [-0.1, -0.05) is 22.9 Å². The van der Waals surface area contributed by atoms with E-state index in [-0.39, 0.29) is 16.9 Å². The van der Waals surface area contributed by atoms with Crippen molar-refractivity contribution in [2.75, 3.05) is 0 Å². The van der Waals surface area contributed by atoms with Crippen LogP contribution in [0.5, 0.6) is 0 Å². The molecule has 0 amide bonds. The van der Waals surface area contributed by atoms with Gasteiger partial charge in [0.05, 0.1) is 5.56 Å². The molecule has 0 fully saturated rings. The van der Waals surface area contributed by atoms with Crippen LogP contribution in [0.2, 0.25) is 0 Å². The van der Waals surface area contributed by atoms with E-state index in [0.29, 0.717) is 10.9 Å². The van der Waals surface area contributed by atoms with Crippen LogP contribution >= 0.6 is 15.9 Å². The van der Waals surface area contributed by atoms with Crippen LogP contribution in [0.4, 0.5) is 0 Å². The molecule has 0 aliphatic heterocycles. The summed E-state index contributed by atoms with van der Waals surface area (Å²) >= 11 is 3.20. The molecule has 0 atom stereocenters. The molecule has 0 saturated carbocycles. The first-order chi connectivity index (χ1) is 6.56. The Morgan fingerprint density at radius 2 is 2.00 bits per heavy atom. The number of benzene rings is 1. The van der Waals surface area contributed by atoms with Crippen molar-refractivity contribution in [3.8, 4) is 0 Å². The summed E-state index contributed by atoms with van der Waals surface area (Å²) in [6, 6.07) is 4.57.